The molecule has 0 spiro atoms. The van der Waals surface area contributed by atoms with Gasteiger partial charge in [-0.1, -0.05) is 45.6 Å². The molecule has 0 bridgehead atoms. The van der Waals surface area contributed by atoms with Crippen LogP contribution in [0.4, 0.5) is 0 Å². The van der Waals surface area contributed by atoms with Crippen molar-refractivity contribution in [3.8, 4) is 0 Å². The van der Waals surface area contributed by atoms with Crippen molar-refractivity contribution in [3.05, 3.63) is 12.2 Å². The second-order valence-electron chi connectivity index (χ2n) is 6.96. The monoisotopic (exact) mass is 323 g/mol. The Hall–Kier alpha value is -0.870. The maximum absolute atomic E-state index is 12.2. The summed E-state index contributed by atoms with van der Waals surface area (Å²) in [7, 11) is 4.03. The maximum Gasteiger partial charge on any atom is 0.246 e. The Bertz CT molecular complexity index is 339. The van der Waals surface area contributed by atoms with Crippen LogP contribution >= 0.6 is 0 Å². The lowest BCUT2D eigenvalue weighted by molar-refractivity contribution is -0.128. The van der Waals surface area contributed by atoms with E-state index in [-0.39, 0.29) is 5.91 Å². The van der Waals surface area contributed by atoms with E-state index in [1.165, 1.54) is 38.5 Å². The number of rotatable bonds is 10. The SMILES string of the molecule is CCCCC(CCCC)N1CCN(C(=O)/C=C/CN(C)C)CC1. The van der Waals surface area contributed by atoms with Gasteiger partial charge in [0.2, 0.25) is 5.91 Å². The molecule has 1 amide bonds. The molecule has 1 saturated heterocycles. The largest absolute Gasteiger partial charge is 0.337 e. The van der Waals surface area contributed by atoms with Gasteiger partial charge in [-0.3, -0.25) is 9.69 Å². The standard InChI is InChI=1S/C19H37N3O/c1-5-7-10-18(11-8-6-2)21-14-16-22(17-15-21)19(23)12-9-13-20(3)4/h9,12,18H,5-8,10-11,13-17H2,1-4H3/b12-9+. The fourth-order valence-electron chi connectivity index (χ4n) is 3.17. The van der Waals surface area contributed by atoms with Crippen molar-refractivity contribution in [1.82, 2.24) is 14.7 Å². The summed E-state index contributed by atoms with van der Waals surface area (Å²) in [6, 6.07) is 0.719. The molecule has 0 radical (unpaired) electrons. The molecule has 23 heavy (non-hydrogen) atoms. The maximum atomic E-state index is 12.2. The normalized spacial score (nSPS) is 16.9. The lowest BCUT2D eigenvalue weighted by Crippen LogP contribution is -2.51. The van der Waals surface area contributed by atoms with E-state index in [0.29, 0.717) is 0 Å². The average molecular weight is 324 g/mol. The van der Waals surface area contributed by atoms with Gasteiger partial charge in [0, 0.05) is 44.8 Å². The highest BCUT2D eigenvalue weighted by atomic mass is 16.2. The van der Waals surface area contributed by atoms with Gasteiger partial charge in [-0.2, -0.15) is 0 Å². The molecule has 0 N–H and O–H groups in total. The Labute approximate surface area is 143 Å². The third-order valence-corrected chi connectivity index (χ3v) is 4.66. The second-order valence-corrected chi connectivity index (χ2v) is 6.96. The molecule has 0 aromatic carbocycles. The average Bonchev–Trinajstić information content (AvgIpc) is 2.55. The summed E-state index contributed by atoms with van der Waals surface area (Å²) in [5.41, 5.74) is 0. The zero-order valence-corrected chi connectivity index (χ0v) is 15.8. The summed E-state index contributed by atoms with van der Waals surface area (Å²) in [6.07, 6.45) is 11.5. The molecule has 1 rings (SSSR count). The first-order valence-corrected chi connectivity index (χ1v) is 9.42. The molecular formula is C19H37N3O. The van der Waals surface area contributed by atoms with Crippen LogP contribution in [0, 0.1) is 0 Å². The molecule has 4 nitrogen and oxygen atoms in total. The first-order chi connectivity index (χ1) is 11.1. The highest BCUT2D eigenvalue weighted by molar-refractivity contribution is 5.87. The number of carbonyl (C=O) groups is 1. The van der Waals surface area contributed by atoms with Gasteiger partial charge < -0.3 is 9.80 Å². The molecule has 0 aromatic rings. The minimum Gasteiger partial charge on any atom is -0.337 e. The van der Waals surface area contributed by atoms with Gasteiger partial charge in [0.25, 0.3) is 0 Å². The summed E-state index contributed by atoms with van der Waals surface area (Å²) in [6.45, 7) is 9.18. The highest BCUT2D eigenvalue weighted by Gasteiger charge is 2.24. The number of hydrogen-bond donors (Lipinski definition) is 0. The summed E-state index contributed by atoms with van der Waals surface area (Å²) >= 11 is 0. The number of piperazine rings is 1. The van der Waals surface area contributed by atoms with Crippen molar-refractivity contribution in [2.75, 3.05) is 46.8 Å². The van der Waals surface area contributed by atoms with E-state index in [2.05, 4.69) is 23.6 Å². The Morgan fingerprint density at radius 1 is 1.04 bits per heavy atom. The summed E-state index contributed by atoms with van der Waals surface area (Å²) in [5.74, 6) is 0.171. The summed E-state index contributed by atoms with van der Waals surface area (Å²) in [5, 5.41) is 0. The number of nitrogens with zero attached hydrogens (tertiary/aromatic N) is 3. The number of likely N-dealkylation sites (N-methyl/N-ethyl adjacent to an activating group) is 1. The van der Waals surface area contributed by atoms with Crippen LogP contribution in [-0.4, -0.2) is 73.5 Å². The van der Waals surface area contributed by atoms with Crippen LogP contribution in [0.2, 0.25) is 0 Å². The minimum absolute atomic E-state index is 0.171. The molecule has 1 heterocycles. The number of carbonyl (C=O) groups excluding carboxylic acids is 1. The van der Waals surface area contributed by atoms with E-state index in [1.54, 1.807) is 6.08 Å². The van der Waals surface area contributed by atoms with Crippen LogP contribution < -0.4 is 0 Å². The molecule has 4 heteroatoms. The number of amides is 1. The van der Waals surface area contributed by atoms with Gasteiger partial charge in [-0.05, 0) is 26.9 Å². The number of hydrogen-bond acceptors (Lipinski definition) is 3. The Morgan fingerprint density at radius 2 is 1.61 bits per heavy atom. The molecule has 134 valence electrons. The molecule has 1 aliphatic rings. The zero-order valence-electron chi connectivity index (χ0n) is 15.8. The predicted molar refractivity (Wildman–Crippen MR) is 98.7 cm³/mol. The fourth-order valence-corrected chi connectivity index (χ4v) is 3.17. The first-order valence-electron chi connectivity index (χ1n) is 9.42. The van der Waals surface area contributed by atoms with Gasteiger partial charge in [-0.15, -0.1) is 0 Å². The van der Waals surface area contributed by atoms with Crippen LogP contribution in [0.25, 0.3) is 0 Å². The van der Waals surface area contributed by atoms with Crippen LogP contribution in [0.1, 0.15) is 52.4 Å². The topological polar surface area (TPSA) is 26.8 Å². The van der Waals surface area contributed by atoms with Crippen LogP contribution in [0.3, 0.4) is 0 Å². The Kier molecular flexibility index (Phi) is 10.2. The highest BCUT2D eigenvalue weighted by Crippen LogP contribution is 2.18. The lowest BCUT2D eigenvalue weighted by Gasteiger charge is -2.39. The molecule has 0 saturated carbocycles. The Morgan fingerprint density at radius 3 is 2.09 bits per heavy atom. The number of unbranched alkanes of at least 4 members (excludes halogenated alkanes) is 2. The van der Waals surface area contributed by atoms with Crippen molar-refractivity contribution in [2.45, 2.75) is 58.4 Å². The van der Waals surface area contributed by atoms with Crippen molar-refractivity contribution in [3.63, 3.8) is 0 Å². The quantitative estimate of drug-likeness (QED) is 0.578. The van der Waals surface area contributed by atoms with Crippen molar-refractivity contribution in [1.29, 1.82) is 0 Å². The van der Waals surface area contributed by atoms with Gasteiger partial charge in [0.1, 0.15) is 0 Å². The van der Waals surface area contributed by atoms with Crippen molar-refractivity contribution in [2.24, 2.45) is 0 Å². The molecule has 1 aliphatic heterocycles. The predicted octanol–water partition coefficient (Wildman–Crippen LogP) is 3.00. The van der Waals surface area contributed by atoms with Crippen LogP contribution in [0.5, 0.6) is 0 Å². The van der Waals surface area contributed by atoms with E-state index in [0.717, 1.165) is 38.8 Å². The summed E-state index contributed by atoms with van der Waals surface area (Å²) in [4.78, 5) is 18.9. The van der Waals surface area contributed by atoms with Gasteiger partial charge in [0.05, 0.1) is 0 Å². The summed E-state index contributed by atoms with van der Waals surface area (Å²) < 4.78 is 0. The van der Waals surface area contributed by atoms with E-state index in [9.17, 15) is 4.79 Å². The van der Waals surface area contributed by atoms with E-state index in [1.807, 2.05) is 25.1 Å². The molecule has 1 fully saturated rings. The third kappa shape index (κ3) is 7.98. The van der Waals surface area contributed by atoms with Crippen LogP contribution in [-0.2, 0) is 4.79 Å². The van der Waals surface area contributed by atoms with E-state index < -0.39 is 0 Å². The Balaban J connectivity index is 2.42. The minimum atomic E-state index is 0.171. The lowest BCUT2D eigenvalue weighted by atomic mass is 10.0. The molecular weight excluding hydrogens is 286 g/mol. The smallest absolute Gasteiger partial charge is 0.246 e. The second kappa shape index (κ2) is 11.6. The van der Waals surface area contributed by atoms with Crippen molar-refractivity contribution >= 4 is 5.91 Å². The van der Waals surface area contributed by atoms with Crippen molar-refractivity contribution < 1.29 is 4.79 Å². The van der Waals surface area contributed by atoms with Gasteiger partial charge >= 0.3 is 0 Å². The molecule has 0 unspecified atom stereocenters. The fraction of sp³-hybridized carbons (Fsp3) is 0.842. The molecule has 0 aliphatic carbocycles. The van der Waals surface area contributed by atoms with Gasteiger partial charge in [-0.25, -0.2) is 0 Å². The first kappa shape index (κ1) is 20.2. The van der Waals surface area contributed by atoms with Gasteiger partial charge in [0.15, 0.2) is 0 Å². The van der Waals surface area contributed by atoms with Crippen LogP contribution in [0.15, 0.2) is 12.2 Å². The van der Waals surface area contributed by atoms with E-state index >= 15 is 0 Å². The molecule has 0 atom stereocenters. The molecule has 0 aromatic heterocycles. The van der Waals surface area contributed by atoms with E-state index in [4.69, 9.17) is 0 Å². The third-order valence-electron chi connectivity index (χ3n) is 4.66. The zero-order chi connectivity index (χ0) is 17.1.